The minimum atomic E-state index is -4.80. The monoisotopic (exact) mass is 327 g/mol. The van der Waals surface area contributed by atoms with Crippen LogP contribution < -0.4 is 10.1 Å². The number of alkyl halides is 3. The summed E-state index contributed by atoms with van der Waals surface area (Å²) < 4.78 is 41.2. The summed E-state index contributed by atoms with van der Waals surface area (Å²) in [4.78, 5) is 12.4. The van der Waals surface area contributed by atoms with E-state index in [1.807, 2.05) is 33.8 Å². The molecule has 1 amide bonds. The number of hydrogen-bond donors (Lipinski definition) is 1. The number of carbonyl (C=O) groups is 1. The Labute approximate surface area is 133 Å². The first-order valence-electron chi connectivity index (χ1n) is 7.33. The van der Waals surface area contributed by atoms with Gasteiger partial charge in [-0.1, -0.05) is 37.6 Å². The van der Waals surface area contributed by atoms with Crippen LogP contribution in [0.15, 0.2) is 35.9 Å². The second-order valence-electron chi connectivity index (χ2n) is 6.60. The van der Waals surface area contributed by atoms with E-state index in [0.717, 1.165) is 5.57 Å². The number of halogens is 3. The molecule has 1 aromatic rings. The van der Waals surface area contributed by atoms with E-state index in [9.17, 15) is 18.0 Å². The van der Waals surface area contributed by atoms with Gasteiger partial charge in [0.15, 0.2) is 5.75 Å². The normalized spacial score (nSPS) is 22.2. The summed E-state index contributed by atoms with van der Waals surface area (Å²) in [6.45, 7) is 7.85. The van der Waals surface area contributed by atoms with Gasteiger partial charge in [0.25, 0.3) is 0 Å². The summed E-state index contributed by atoms with van der Waals surface area (Å²) in [7, 11) is 0. The van der Waals surface area contributed by atoms with Gasteiger partial charge < -0.3 is 10.1 Å². The summed E-state index contributed by atoms with van der Waals surface area (Å²) in [6.07, 6.45) is -2.77. The number of ether oxygens (including phenoxy) is 1. The molecule has 1 aliphatic rings. The molecule has 0 radical (unpaired) electrons. The van der Waals surface area contributed by atoms with Crippen molar-refractivity contribution in [3.63, 3.8) is 0 Å². The number of allylic oxidation sites excluding steroid dienone is 2. The van der Waals surface area contributed by atoms with Gasteiger partial charge in [0.1, 0.15) is 0 Å². The summed E-state index contributed by atoms with van der Waals surface area (Å²) in [5, 5.41) is 2.56. The average Bonchev–Trinajstić information content (AvgIpc) is 2.90. The number of carbonyl (C=O) groups excluding carboxylic acids is 1. The van der Waals surface area contributed by atoms with Crippen LogP contribution in [0.4, 0.5) is 18.9 Å². The molecule has 0 aliphatic heterocycles. The van der Waals surface area contributed by atoms with E-state index < -0.39 is 12.1 Å². The van der Waals surface area contributed by atoms with Gasteiger partial charge >= 0.3 is 6.36 Å². The van der Waals surface area contributed by atoms with Crippen molar-refractivity contribution in [2.75, 3.05) is 5.32 Å². The lowest BCUT2D eigenvalue weighted by Crippen LogP contribution is -2.21. The quantitative estimate of drug-likeness (QED) is 0.810. The number of nitrogens with one attached hydrogen (secondary N) is 1. The largest absolute Gasteiger partial charge is 0.573 e. The van der Waals surface area contributed by atoms with Crippen molar-refractivity contribution >= 4 is 11.6 Å². The zero-order chi connectivity index (χ0) is 17.4. The number of hydrogen-bond acceptors (Lipinski definition) is 2. The minimum absolute atomic E-state index is 0.0217. The smallest absolute Gasteiger partial charge is 0.404 e. The molecular formula is C17H20F3NO2. The first-order chi connectivity index (χ1) is 10.5. The Morgan fingerprint density at radius 2 is 1.87 bits per heavy atom. The van der Waals surface area contributed by atoms with Crippen LogP contribution in [0.25, 0.3) is 0 Å². The standard InChI is InChI=1S/C17H20F3NO2/c1-10(2)9-11-14(16(11,3)4)15(22)21-12-7-5-6-8-13(12)23-17(18,19)20/h5-9,11,14H,1-4H3,(H,21,22). The van der Waals surface area contributed by atoms with Gasteiger partial charge in [-0.3, -0.25) is 4.79 Å². The van der Waals surface area contributed by atoms with E-state index in [4.69, 9.17) is 0 Å². The van der Waals surface area contributed by atoms with Crippen molar-refractivity contribution in [1.82, 2.24) is 0 Å². The van der Waals surface area contributed by atoms with Crippen molar-refractivity contribution in [2.45, 2.75) is 34.1 Å². The second kappa shape index (κ2) is 5.91. The number of anilines is 1. The number of amides is 1. The minimum Gasteiger partial charge on any atom is -0.404 e. The first kappa shape index (κ1) is 17.4. The Morgan fingerprint density at radius 3 is 2.43 bits per heavy atom. The Hall–Kier alpha value is -1.98. The van der Waals surface area contributed by atoms with Crippen molar-refractivity contribution in [3.05, 3.63) is 35.9 Å². The van der Waals surface area contributed by atoms with Gasteiger partial charge in [0.05, 0.1) is 11.6 Å². The molecule has 1 fully saturated rings. The van der Waals surface area contributed by atoms with Gasteiger partial charge in [-0.2, -0.15) is 0 Å². The summed E-state index contributed by atoms with van der Waals surface area (Å²) in [5.41, 5.74) is 0.925. The van der Waals surface area contributed by atoms with Crippen molar-refractivity contribution in [1.29, 1.82) is 0 Å². The van der Waals surface area contributed by atoms with Crippen LogP contribution in [0.1, 0.15) is 27.7 Å². The topological polar surface area (TPSA) is 38.3 Å². The molecule has 1 aromatic carbocycles. The first-order valence-corrected chi connectivity index (χ1v) is 7.33. The maximum Gasteiger partial charge on any atom is 0.573 e. The highest BCUT2D eigenvalue weighted by Crippen LogP contribution is 2.59. The third kappa shape index (κ3) is 4.06. The Balaban J connectivity index is 2.15. The fourth-order valence-electron chi connectivity index (χ4n) is 2.84. The number of benzene rings is 1. The van der Waals surface area contributed by atoms with Crippen LogP contribution in [0.2, 0.25) is 0 Å². The van der Waals surface area contributed by atoms with E-state index in [1.165, 1.54) is 18.2 Å². The van der Waals surface area contributed by atoms with E-state index in [1.54, 1.807) is 6.07 Å². The van der Waals surface area contributed by atoms with Crippen LogP contribution in [0.5, 0.6) is 5.75 Å². The highest BCUT2D eigenvalue weighted by Gasteiger charge is 2.60. The fourth-order valence-corrected chi connectivity index (χ4v) is 2.84. The SMILES string of the molecule is CC(C)=CC1C(C(=O)Nc2ccccc2OC(F)(F)F)C1(C)C. The second-order valence-corrected chi connectivity index (χ2v) is 6.60. The Morgan fingerprint density at radius 1 is 1.26 bits per heavy atom. The van der Waals surface area contributed by atoms with Crippen molar-refractivity contribution < 1.29 is 22.7 Å². The predicted octanol–water partition coefficient (Wildman–Crippen LogP) is 4.76. The maximum atomic E-state index is 12.4. The summed E-state index contributed by atoms with van der Waals surface area (Å²) in [5.74, 6) is -0.888. The molecule has 126 valence electrons. The van der Waals surface area contributed by atoms with E-state index in [-0.39, 0.29) is 28.8 Å². The third-order valence-corrected chi connectivity index (χ3v) is 4.08. The molecule has 2 atom stereocenters. The van der Waals surface area contributed by atoms with Gasteiger partial charge in [0.2, 0.25) is 5.91 Å². The van der Waals surface area contributed by atoms with Crippen LogP contribution in [-0.2, 0) is 4.79 Å². The number of rotatable bonds is 4. The summed E-state index contributed by atoms with van der Waals surface area (Å²) >= 11 is 0. The molecule has 0 aromatic heterocycles. The predicted molar refractivity (Wildman–Crippen MR) is 81.9 cm³/mol. The molecule has 2 rings (SSSR count). The van der Waals surface area contributed by atoms with E-state index in [2.05, 4.69) is 10.1 Å². The van der Waals surface area contributed by atoms with E-state index >= 15 is 0 Å². The molecule has 0 spiro atoms. The molecule has 3 nitrogen and oxygen atoms in total. The lowest BCUT2D eigenvalue weighted by molar-refractivity contribution is -0.274. The van der Waals surface area contributed by atoms with E-state index in [0.29, 0.717) is 0 Å². The van der Waals surface area contributed by atoms with Gasteiger partial charge in [-0.15, -0.1) is 13.2 Å². The fraction of sp³-hybridized carbons (Fsp3) is 0.471. The van der Waals surface area contributed by atoms with Gasteiger partial charge in [0, 0.05) is 0 Å². The van der Waals surface area contributed by atoms with Crippen LogP contribution in [0.3, 0.4) is 0 Å². The zero-order valence-electron chi connectivity index (χ0n) is 13.5. The Kier molecular flexibility index (Phi) is 4.46. The molecule has 1 aliphatic carbocycles. The highest BCUT2D eigenvalue weighted by atomic mass is 19.4. The molecule has 1 N–H and O–H groups in total. The van der Waals surface area contributed by atoms with Crippen LogP contribution >= 0.6 is 0 Å². The molecule has 0 saturated heterocycles. The third-order valence-electron chi connectivity index (χ3n) is 4.08. The van der Waals surface area contributed by atoms with Crippen molar-refractivity contribution in [3.8, 4) is 5.75 Å². The molecular weight excluding hydrogens is 307 g/mol. The maximum absolute atomic E-state index is 12.4. The lowest BCUT2D eigenvalue weighted by atomic mass is 10.1. The molecule has 0 bridgehead atoms. The number of para-hydroxylation sites is 2. The molecule has 6 heteroatoms. The molecule has 2 unspecified atom stereocenters. The summed E-state index contributed by atoms with van der Waals surface area (Å²) in [6, 6.07) is 5.53. The van der Waals surface area contributed by atoms with Gasteiger partial charge in [-0.25, -0.2) is 0 Å². The van der Waals surface area contributed by atoms with Gasteiger partial charge in [-0.05, 0) is 37.3 Å². The molecule has 23 heavy (non-hydrogen) atoms. The zero-order valence-corrected chi connectivity index (χ0v) is 13.5. The molecule has 0 heterocycles. The van der Waals surface area contributed by atoms with Crippen LogP contribution in [0, 0.1) is 17.3 Å². The highest BCUT2D eigenvalue weighted by molar-refractivity contribution is 5.96. The average molecular weight is 327 g/mol. The van der Waals surface area contributed by atoms with Crippen molar-refractivity contribution in [2.24, 2.45) is 17.3 Å². The Bertz CT molecular complexity index is 631. The van der Waals surface area contributed by atoms with Crippen LogP contribution in [-0.4, -0.2) is 12.3 Å². The lowest BCUT2D eigenvalue weighted by Gasteiger charge is -2.14. The molecule has 1 saturated carbocycles.